The minimum atomic E-state index is -4.66. The lowest BCUT2D eigenvalue weighted by molar-refractivity contribution is -0.148. The maximum Gasteiger partial charge on any atom is 0.416 e. The molecule has 0 fully saturated rings. The third kappa shape index (κ3) is 5.99. The summed E-state index contributed by atoms with van der Waals surface area (Å²) in [6, 6.07) is 2.28. The van der Waals surface area contributed by atoms with E-state index in [2.05, 4.69) is 4.72 Å². The standard InChI is InChI=1S/C15H19F3N2O5S/c1-10(14(22)23)20(2)13(21)7-4-8-19-26(24,25)12-6-3-5-11(9-12)15(16,17)18/h3,5-6,9-10,19H,4,7-8H2,1-2H3,(H,22,23). The number of carbonyl (C=O) groups excluding carboxylic acids is 1. The van der Waals surface area contributed by atoms with E-state index in [4.69, 9.17) is 5.11 Å². The molecule has 1 aromatic carbocycles. The normalized spacial score (nSPS) is 13.3. The van der Waals surface area contributed by atoms with Gasteiger partial charge in [0.15, 0.2) is 0 Å². The number of hydrogen-bond donors (Lipinski definition) is 2. The van der Waals surface area contributed by atoms with Gasteiger partial charge in [-0.15, -0.1) is 0 Å². The second-order valence-electron chi connectivity index (χ2n) is 5.55. The predicted octanol–water partition coefficient (Wildman–Crippen LogP) is 1.70. The Bertz CT molecular complexity index is 765. The van der Waals surface area contributed by atoms with Gasteiger partial charge in [-0.2, -0.15) is 13.2 Å². The van der Waals surface area contributed by atoms with Crippen molar-refractivity contribution in [2.45, 2.75) is 36.9 Å². The number of benzene rings is 1. The SMILES string of the molecule is CC(C(=O)O)N(C)C(=O)CCCNS(=O)(=O)c1cccc(C(F)(F)F)c1. The Labute approximate surface area is 148 Å². The zero-order chi connectivity index (χ0) is 20.1. The van der Waals surface area contributed by atoms with E-state index in [1.165, 1.54) is 14.0 Å². The summed E-state index contributed by atoms with van der Waals surface area (Å²) in [5.74, 6) is -1.66. The van der Waals surface area contributed by atoms with Gasteiger partial charge in [-0.3, -0.25) is 4.79 Å². The Balaban J connectivity index is 2.62. The number of likely N-dealkylation sites (N-methyl/N-ethyl adjacent to an activating group) is 1. The van der Waals surface area contributed by atoms with Gasteiger partial charge in [0.05, 0.1) is 10.5 Å². The van der Waals surface area contributed by atoms with E-state index in [1.54, 1.807) is 0 Å². The van der Waals surface area contributed by atoms with Crippen LogP contribution in [0.25, 0.3) is 0 Å². The second-order valence-corrected chi connectivity index (χ2v) is 7.31. The van der Waals surface area contributed by atoms with Crippen molar-refractivity contribution in [3.63, 3.8) is 0 Å². The molecule has 0 saturated carbocycles. The van der Waals surface area contributed by atoms with Crippen LogP contribution in [0.3, 0.4) is 0 Å². The highest BCUT2D eigenvalue weighted by Crippen LogP contribution is 2.30. The number of alkyl halides is 3. The van der Waals surface area contributed by atoms with Crippen LogP contribution in [-0.2, 0) is 25.8 Å². The fourth-order valence-electron chi connectivity index (χ4n) is 1.93. The van der Waals surface area contributed by atoms with Crippen molar-refractivity contribution in [1.82, 2.24) is 9.62 Å². The number of carboxylic acids is 1. The van der Waals surface area contributed by atoms with Crippen LogP contribution in [0.15, 0.2) is 29.2 Å². The van der Waals surface area contributed by atoms with Gasteiger partial charge in [-0.05, 0) is 31.5 Å². The first-order chi connectivity index (χ1) is 11.9. The monoisotopic (exact) mass is 396 g/mol. The number of rotatable bonds is 8. The average Bonchev–Trinajstić information content (AvgIpc) is 2.56. The van der Waals surface area contributed by atoms with Crippen LogP contribution < -0.4 is 4.72 Å². The maximum absolute atomic E-state index is 12.6. The van der Waals surface area contributed by atoms with Crippen LogP contribution in [-0.4, -0.2) is 49.9 Å². The molecule has 1 unspecified atom stereocenters. The first-order valence-corrected chi connectivity index (χ1v) is 9.00. The van der Waals surface area contributed by atoms with Gasteiger partial charge in [-0.25, -0.2) is 17.9 Å². The van der Waals surface area contributed by atoms with Gasteiger partial charge in [0.1, 0.15) is 6.04 Å². The van der Waals surface area contributed by atoms with Gasteiger partial charge >= 0.3 is 12.1 Å². The summed E-state index contributed by atoms with van der Waals surface area (Å²) in [7, 11) is -2.85. The highest BCUT2D eigenvalue weighted by atomic mass is 32.2. The smallest absolute Gasteiger partial charge is 0.416 e. The highest BCUT2D eigenvalue weighted by molar-refractivity contribution is 7.89. The number of carboxylic acid groups (broad SMARTS) is 1. The highest BCUT2D eigenvalue weighted by Gasteiger charge is 2.31. The fourth-order valence-corrected chi connectivity index (χ4v) is 3.05. The molecule has 1 aromatic rings. The van der Waals surface area contributed by atoms with Crippen molar-refractivity contribution in [1.29, 1.82) is 0 Å². The molecule has 0 aromatic heterocycles. The molecule has 0 radical (unpaired) electrons. The van der Waals surface area contributed by atoms with E-state index >= 15 is 0 Å². The average molecular weight is 396 g/mol. The summed E-state index contributed by atoms with van der Waals surface area (Å²) < 4.78 is 64.1. The van der Waals surface area contributed by atoms with E-state index in [-0.39, 0.29) is 19.4 Å². The molecule has 146 valence electrons. The van der Waals surface area contributed by atoms with Crippen LogP contribution in [0.2, 0.25) is 0 Å². The fraction of sp³-hybridized carbons (Fsp3) is 0.467. The molecule has 0 spiro atoms. The lowest BCUT2D eigenvalue weighted by atomic mass is 10.2. The first kappa shape index (κ1) is 21.9. The lowest BCUT2D eigenvalue weighted by Crippen LogP contribution is -2.40. The third-order valence-corrected chi connectivity index (χ3v) is 5.12. The molecule has 1 amide bonds. The first-order valence-electron chi connectivity index (χ1n) is 7.51. The second kappa shape index (κ2) is 8.49. The van der Waals surface area contributed by atoms with E-state index in [1.807, 2.05) is 0 Å². The Morgan fingerprint density at radius 3 is 2.46 bits per heavy atom. The van der Waals surface area contributed by atoms with E-state index in [9.17, 15) is 31.2 Å². The molecule has 1 atom stereocenters. The van der Waals surface area contributed by atoms with Gasteiger partial charge in [-0.1, -0.05) is 6.07 Å². The Morgan fingerprint density at radius 2 is 1.92 bits per heavy atom. The molecule has 7 nitrogen and oxygen atoms in total. The number of aliphatic carboxylic acids is 1. The van der Waals surface area contributed by atoms with Crippen molar-refractivity contribution < 1.29 is 36.3 Å². The Hall–Kier alpha value is -2.14. The van der Waals surface area contributed by atoms with Gasteiger partial charge in [0, 0.05) is 20.0 Å². The number of amides is 1. The van der Waals surface area contributed by atoms with Gasteiger partial charge < -0.3 is 10.0 Å². The molecule has 0 aliphatic carbocycles. The van der Waals surface area contributed by atoms with E-state index in [0.29, 0.717) is 6.07 Å². The van der Waals surface area contributed by atoms with E-state index < -0.39 is 44.6 Å². The number of halogens is 3. The molecule has 0 aliphatic rings. The van der Waals surface area contributed by atoms with Crippen molar-refractivity contribution in [3.05, 3.63) is 29.8 Å². The number of nitrogens with one attached hydrogen (secondary N) is 1. The Kier molecular flexibility index (Phi) is 7.16. The molecule has 0 saturated heterocycles. The molecular formula is C15H19F3N2O5S. The maximum atomic E-state index is 12.6. The summed E-state index contributed by atoms with van der Waals surface area (Å²) in [6.45, 7) is 1.15. The molecule has 0 aliphatic heterocycles. The third-order valence-electron chi connectivity index (χ3n) is 3.66. The van der Waals surface area contributed by atoms with Crippen LogP contribution >= 0.6 is 0 Å². The lowest BCUT2D eigenvalue weighted by Gasteiger charge is -2.21. The minimum Gasteiger partial charge on any atom is -0.480 e. The van der Waals surface area contributed by atoms with Crippen LogP contribution in [0.4, 0.5) is 13.2 Å². The van der Waals surface area contributed by atoms with E-state index in [0.717, 1.165) is 23.1 Å². The molecular weight excluding hydrogens is 377 g/mol. The van der Waals surface area contributed by atoms with Gasteiger partial charge in [0.25, 0.3) is 0 Å². The summed E-state index contributed by atoms with van der Waals surface area (Å²) in [5, 5.41) is 8.82. The summed E-state index contributed by atoms with van der Waals surface area (Å²) in [4.78, 5) is 23.1. The molecule has 26 heavy (non-hydrogen) atoms. The van der Waals surface area contributed by atoms with Crippen molar-refractivity contribution in [2.75, 3.05) is 13.6 Å². The molecule has 0 bridgehead atoms. The Morgan fingerprint density at radius 1 is 1.31 bits per heavy atom. The van der Waals surface area contributed by atoms with Crippen molar-refractivity contribution in [2.24, 2.45) is 0 Å². The van der Waals surface area contributed by atoms with Crippen molar-refractivity contribution >= 4 is 21.9 Å². The van der Waals surface area contributed by atoms with Crippen LogP contribution in [0.1, 0.15) is 25.3 Å². The van der Waals surface area contributed by atoms with Crippen LogP contribution in [0, 0.1) is 0 Å². The number of carbonyl (C=O) groups is 2. The number of nitrogens with zero attached hydrogens (tertiary/aromatic N) is 1. The zero-order valence-corrected chi connectivity index (χ0v) is 14.9. The van der Waals surface area contributed by atoms with Crippen molar-refractivity contribution in [3.8, 4) is 0 Å². The zero-order valence-electron chi connectivity index (χ0n) is 14.1. The summed E-state index contributed by atoms with van der Waals surface area (Å²) in [6.07, 6.45) is -4.71. The number of sulfonamides is 1. The summed E-state index contributed by atoms with van der Waals surface area (Å²) in [5.41, 5.74) is -1.08. The minimum absolute atomic E-state index is 0.0632. The molecule has 11 heteroatoms. The molecule has 2 N–H and O–H groups in total. The topological polar surface area (TPSA) is 104 Å². The molecule has 1 rings (SSSR count). The van der Waals surface area contributed by atoms with Gasteiger partial charge in [0.2, 0.25) is 15.9 Å². The largest absolute Gasteiger partial charge is 0.480 e. The predicted molar refractivity (Wildman–Crippen MR) is 85.7 cm³/mol. The number of hydrogen-bond acceptors (Lipinski definition) is 4. The molecule has 0 heterocycles. The summed E-state index contributed by atoms with van der Waals surface area (Å²) >= 11 is 0. The quantitative estimate of drug-likeness (QED) is 0.651. The van der Waals surface area contributed by atoms with Crippen LogP contribution in [0.5, 0.6) is 0 Å².